The molecule has 0 spiro atoms. The van der Waals surface area contributed by atoms with Gasteiger partial charge in [0.2, 0.25) is 11.8 Å². The van der Waals surface area contributed by atoms with E-state index in [4.69, 9.17) is 14.2 Å². The van der Waals surface area contributed by atoms with E-state index in [-0.39, 0.29) is 12.0 Å². The van der Waals surface area contributed by atoms with Crippen LogP contribution in [0.25, 0.3) is 0 Å². The van der Waals surface area contributed by atoms with Crippen molar-refractivity contribution < 1.29 is 19.0 Å². The Labute approximate surface area is 171 Å². The van der Waals surface area contributed by atoms with Crippen LogP contribution in [-0.4, -0.2) is 37.3 Å². The molecule has 0 radical (unpaired) electrons. The van der Waals surface area contributed by atoms with Crippen molar-refractivity contribution in [3.63, 3.8) is 0 Å². The Morgan fingerprint density at radius 3 is 2.90 bits per heavy atom. The fraction of sp³-hybridized carbons (Fsp3) is 0.478. The SMILES string of the molecule is COc1cccc(C2(C(=O)NCc3ccnc(OC4CCOC4)c3)CCCC2)c1. The number of pyridine rings is 1. The minimum atomic E-state index is -0.484. The maximum Gasteiger partial charge on any atom is 0.230 e. The minimum absolute atomic E-state index is 0.0576. The Morgan fingerprint density at radius 1 is 1.28 bits per heavy atom. The van der Waals surface area contributed by atoms with Gasteiger partial charge in [-0.2, -0.15) is 0 Å². The average Bonchev–Trinajstić information content (AvgIpc) is 3.45. The van der Waals surface area contributed by atoms with Crippen LogP contribution in [0.3, 0.4) is 0 Å². The van der Waals surface area contributed by atoms with Crippen LogP contribution in [0.15, 0.2) is 42.6 Å². The van der Waals surface area contributed by atoms with E-state index in [9.17, 15) is 4.79 Å². The molecule has 1 unspecified atom stereocenters. The van der Waals surface area contributed by atoms with Gasteiger partial charge in [0.05, 0.1) is 25.7 Å². The van der Waals surface area contributed by atoms with Gasteiger partial charge >= 0.3 is 0 Å². The summed E-state index contributed by atoms with van der Waals surface area (Å²) in [6, 6.07) is 11.7. The lowest BCUT2D eigenvalue weighted by Gasteiger charge is -2.28. The van der Waals surface area contributed by atoms with E-state index in [2.05, 4.69) is 10.3 Å². The topological polar surface area (TPSA) is 69.7 Å². The predicted molar refractivity (Wildman–Crippen MR) is 109 cm³/mol. The van der Waals surface area contributed by atoms with E-state index >= 15 is 0 Å². The van der Waals surface area contributed by atoms with E-state index in [0.717, 1.165) is 55.6 Å². The second-order valence-corrected chi connectivity index (χ2v) is 7.81. The van der Waals surface area contributed by atoms with Crippen molar-refractivity contribution >= 4 is 5.91 Å². The van der Waals surface area contributed by atoms with Gasteiger partial charge in [0.25, 0.3) is 0 Å². The molecule has 2 aromatic rings. The number of methoxy groups -OCH3 is 1. The monoisotopic (exact) mass is 396 g/mol. The molecule has 4 rings (SSSR count). The molecule has 2 fully saturated rings. The first-order chi connectivity index (χ1) is 14.2. The molecular weight excluding hydrogens is 368 g/mol. The second-order valence-electron chi connectivity index (χ2n) is 7.81. The average molecular weight is 396 g/mol. The Hall–Kier alpha value is -2.60. The van der Waals surface area contributed by atoms with Crippen LogP contribution in [0, 0.1) is 0 Å². The second kappa shape index (κ2) is 8.82. The summed E-state index contributed by atoms with van der Waals surface area (Å²) in [5, 5.41) is 3.15. The maximum atomic E-state index is 13.3. The molecule has 1 aliphatic carbocycles. The molecule has 1 aliphatic heterocycles. The standard InChI is InChI=1S/C23H28N2O4/c1-27-19-6-4-5-18(14-19)23(9-2-3-10-23)22(26)25-15-17-7-11-24-21(13-17)29-20-8-12-28-16-20/h4-7,11,13-14,20H,2-3,8-10,12,15-16H2,1H3,(H,25,26). The molecular formula is C23H28N2O4. The molecule has 2 heterocycles. The van der Waals surface area contributed by atoms with Crippen molar-refractivity contribution in [3.8, 4) is 11.6 Å². The number of carbonyl (C=O) groups is 1. The van der Waals surface area contributed by atoms with E-state index < -0.39 is 5.41 Å². The lowest BCUT2D eigenvalue weighted by molar-refractivity contribution is -0.126. The smallest absolute Gasteiger partial charge is 0.230 e. The van der Waals surface area contributed by atoms with Gasteiger partial charge in [-0.1, -0.05) is 25.0 Å². The third-order valence-electron chi connectivity index (χ3n) is 5.94. The highest BCUT2D eigenvalue weighted by molar-refractivity contribution is 5.88. The van der Waals surface area contributed by atoms with Gasteiger partial charge in [0.1, 0.15) is 11.9 Å². The molecule has 1 aromatic carbocycles. The summed E-state index contributed by atoms with van der Waals surface area (Å²) < 4.78 is 16.6. The zero-order chi connectivity index (χ0) is 20.1. The lowest BCUT2D eigenvalue weighted by Crippen LogP contribution is -2.42. The van der Waals surface area contributed by atoms with E-state index in [0.29, 0.717) is 19.0 Å². The summed E-state index contributed by atoms with van der Waals surface area (Å²) in [6.07, 6.45) is 6.49. The van der Waals surface area contributed by atoms with Crippen molar-refractivity contribution in [1.82, 2.24) is 10.3 Å². The summed E-state index contributed by atoms with van der Waals surface area (Å²) in [5.41, 5.74) is 1.52. The molecule has 6 heteroatoms. The zero-order valence-electron chi connectivity index (χ0n) is 16.9. The van der Waals surface area contributed by atoms with Crippen LogP contribution in [-0.2, 0) is 21.5 Å². The van der Waals surface area contributed by atoms with Crippen LogP contribution in [0.5, 0.6) is 11.6 Å². The molecule has 1 N–H and O–H groups in total. The molecule has 154 valence electrons. The highest BCUT2D eigenvalue weighted by Crippen LogP contribution is 2.42. The first-order valence-electron chi connectivity index (χ1n) is 10.3. The summed E-state index contributed by atoms with van der Waals surface area (Å²) >= 11 is 0. The molecule has 2 aliphatic rings. The number of amides is 1. The Kier molecular flexibility index (Phi) is 6.00. The van der Waals surface area contributed by atoms with Crippen LogP contribution in [0.2, 0.25) is 0 Å². The molecule has 1 aromatic heterocycles. The fourth-order valence-electron chi connectivity index (χ4n) is 4.30. The highest BCUT2D eigenvalue weighted by Gasteiger charge is 2.42. The first-order valence-corrected chi connectivity index (χ1v) is 10.3. The molecule has 1 atom stereocenters. The van der Waals surface area contributed by atoms with Gasteiger partial charge in [0.15, 0.2) is 0 Å². The molecule has 1 saturated carbocycles. The van der Waals surface area contributed by atoms with Crippen molar-refractivity contribution in [1.29, 1.82) is 0 Å². The molecule has 0 bridgehead atoms. The number of aromatic nitrogens is 1. The zero-order valence-corrected chi connectivity index (χ0v) is 16.9. The van der Waals surface area contributed by atoms with Gasteiger partial charge in [-0.3, -0.25) is 4.79 Å². The van der Waals surface area contributed by atoms with Crippen molar-refractivity contribution in [2.75, 3.05) is 20.3 Å². The third kappa shape index (κ3) is 4.37. The largest absolute Gasteiger partial charge is 0.497 e. The number of nitrogens with zero attached hydrogens (tertiary/aromatic N) is 1. The van der Waals surface area contributed by atoms with Crippen LogP contribution in [0.4, 0.5) is 0 Å². The normalized spacial score (nSPS) is 20.4. The Morgan fingerprint density at radius 2 is 2.14 bits per heavy atom. The van der Waals surface area contributed by atoms with Crippen molar-refractivity contribution in [2.24, 2.45) is 0 Å². The van der Waals surface area contributed by atoms with Crippen LogP contribution < -0.4 is 14.8 Å². The third-order valence-corrected chi connectivity index (χ3v) is 5.94. The predicted octanol–water partition coefficient (Wildman–Crippen LogP) is 3.39. The summed E-state index contributed by atoms with van der Waals surface area (Å²) in [4.78, 5) is 17.6. The van der Waals surface area contributed by atoms with Gasteiger partial charge in [0, 0.05) is 25.2 Å². The van der Waals surface area contributed by atoms with Gasteiger partial charge in [-0.25, -0.2) is 4.98 Å². The Balaban J connectivity index is 1.45. The number of hydrogen-bond acceptors (Lipinski definition) is 5. The number of carbonyl (C=O) groups excluding carboxylic acids is 1. The number of benzene rings is 1. The summed E-state index contributed by atoms with van der Waals surface area (Å²) in [5.74, 6) is 1.44. The van der Waals surface area contributed by atoms with Crippen molar-refractivity contribution in [2.45, 2.75) is 50.2 Å². The van der Waals surface area contributed by atoms with Crippen LogP contribution in [0.1, 0.15) is 43.2 Å². The highest BCUT2D eigenvalue weighted by atomic mass is 16.5. The molecule has 1 amide bonds. The van der Waals surface area contributed by atoms with Crippen LogP contribution >= 0.6 is 0 Å². The summed E-state index contributed by atoms with van der Waals surface area (Å²) in [7, 11) is 1.65. The quantitative estimate of drug-likeness (QED) is 0.777. The molecule has 6 nitrogen and oxygen atoms in total. The van der Waals surface area contributed by atoms with Gasteiger partial charge in [-0.05, 0) is 42.2 Å². The van der Waals surface area contributed by atoms with Gasteiger partial charge in [-0.15, -0.1) is 0 Å². The maximum absolute atomic E-state index is 13.3. The lowest BCUT2D eigenvalue weighted by atomic mass is 9.78. The van der Waals surface area contributed by atoms with E-state index in [1.54, 1.807) is 13.3 Å². The molecule has 1 saturated heterocycles. The van der Waals surface area contributed by atoms with Gasteiger partial charge < -0.3 is 19.5 Å². The number of nitrogens with one attached hydrogen (secondary N) is 1. The van der Waals surface area contributed by atoms with E-state index in [1.165, 1.54) is 0 Å². The Bertz CT molecular complexity index is 842. The number of ether oxygens (including phenoxy) is 3. The summed E-state index contributed by atoms with van der Waals surface area (Å²) in [6.45, 7) is 1.78. The van der Waals surface area contributed by atoms with Crippen molar-refractivity contribution in [3.05, 3.63) is 53.7 Å². The number of rotatable bonds is 7. The van der Waals surface area contributed by atoms with E-state index in [1.807, 2.05) is 36.4 Å². The first kappa shape index (κ1) is 19.7. The minimum Gasteiger partial charge on any atom is -0.497 e. The number of hydrogen-bond donors (Lipinski definition) is 1. The molecule has 29 heavy (non-hydrogen) atoms. The fourth-order valence-corrected chi connectivity index (χ4v) is 4.30.